The molecule has 0 aromatic heterocycles. The minimum Gasteiger partial charge on any atom is -0.481 e. The number of rotatable bonds is 4. The molecule has 2 atom stereocenters. The average molecular weight is 330 g/mol. The summed E-state index contributed by atoms with van der Waals surface area (Å²) in [5, 5.41) is 10.0. The number of carbonyl (C=O) groups is 2. The minimum atomic E-state index is -0.889. The lowest BCUT2D eigenvalue weighted by atomic mass is 9.95. The molecule has 0 aliphatic heterocycles. The predicted octanol–water partition coefficient (Wildman–Crippen LogP) is 3.45. The highest BCUT2D eigenvalue weighted by molar-refractivity contribution is 6.42. The Bertz CT molecular complexity index is 562. The molecule has 1 saturated carbocycles. The van der Waals surface area contributed by atoms with E-state index in [1.165, 1.54) is 4.90 Å². The molecule has 1 aromatic rings. The third-order valence-corrected chi connectivity index (χ3v) is 4.82. The van der Waals surface area contributed by atoms with Crippen LogP contribution in [0.5, 0.6) is 0 Å². The predicted molar refractivity (Wildman–Crippen MR) is 81.4 cm³/mol. The highest BCUT2D eigenvalue weighted by Gasteiger charge is 2.39. The van der Waals surface area contributed by atoms with Gasteiger partial charge in [-0.05, 0) is 24.5 Å². The smallest absolute Gasteiger partial charge is 0.307 e. The van der Waals surface area contributed by atoms with E-state index in [4.69, 9.17) is 23.2 Å². The third kappa shape index (κ3) is 3.50. The molecule has 0 saturated heterocycles. The normalized spacial score (nSPS) is 21.3. The van der Waals surface area contributed by atoms with Gasteiger partial charge in [0, 0.05) is 13.6 Å². The highest BCUT2D eigenvalue weighted by atomic mass is 35.5. The molecule has 2 rings (SSSR count). The third-order valence-electron chi connectivity index (χ3n) is 3.97. The van der Waals surface area contributed by atoms with Gasteiger partial charge in [-0.3, -0.25) is 9.59 Å². The minimum absolute atomic E-state index is 0.143. The number of carbonyl (C=O) groups excluding carboxylic acids is 1. The second-order valence-electron chi connectivity index (χ2n) is 5.39. The summed E-state index contributed by atoms with van der Waals surface area (Å²) in [6, 6.07) is 5.27. The van der Waals surface area contributed by atoms with Crippen LogP contribution >= 0.6 is 23.2 Å². The first-order valence-corrected chi connectivity index (χ1v) is 7.58. The average Bonchev–Trinajstić information content (AvgIpc) is 2.92. The second kappa shape index (κ2) is 6.67. The van der Waals surface area contributed by atoms with Gasteiger partial charge in [0.25, 0.3) is 0 Å². The largest absolute Gasteiger partial charge is 0.481 e. The number of carboxylic acids is 1. The van der Waals surface area contributed by atoms with Crippen molar-refractivity contribution in [1.82, 2.24) is 4.90 Å². The van der Waals surface area contributed by atoms with Crippen LogP contribution < -0.4 is 0 Å². The summed E-state index contributed by atoms with van der Waals surface area (Å²) >= 11 is 12.1. The van der Waals surface area contributed by atoms with Crippen LogP contribution in [-0.2, 0) is 16.1 Å². The van der Waals surface area contributed by atoms with Crippen molar-refractivity contribution in [2.24, 2.45) is 11.8 Å². The van der Waals surface area contributed by atoms with Gasteiger partial charge in [-0.1, -0.05) is 41.8 Å². The Morgan fingerprint density at radius 3 is 2.62 bits per heavy atom. The Hall–Kier alpha value is -1.26. The van der Waals surface area contributed by atoms with Crippen LogP contribution in [-0.4, -0.2) is 28.9 Å². The van der Waals surface area contributed by atoms with Crippen molar-refractivity contribution in [1.29, 1.82) is 0 Å². The maximum Gasteiger partial charge on any atom is 0.307 e. The van der Waals surface area contributed by atoms with Crippen molar-refractivity contribution in [2.75, 3.05) is 7.05 Å². The molecule has 6 heteroatoms. The van der Waals surface area contributed by atoms with Crippen molar-refractivity contribution in [3.63, 3.8) is 0 Å². The number of hydrogen-bond acceptors (Lipinski definition) is 2. The summed E-state index contributed by atoms with van der Waals surface area (Å²) in [5.41, 5.74) is 0.755. The van der Waals surface area contributed by atoms with Crippen LogP contribution in [0.3, 0.4) is 0 Å². The molecule has 114 valence electrons. The van der Waals surface area contributed by atoms with E-state index in [1.54, 1.807) is 25.2 Å². The Balaban J connectivity index is 2.09. The molecular weight excluding hydrogens is 313 g/mol. The summed E-state index contributed by atoms with van der Waals surface area (Å²) in [7, 11) is 1.66. The lowest BCUT2D eigenvalue weighted by Gasteiger charge is -2.24. The van der Waals surface area contributed by atoms with Crippen molar-refractivity contribution in [2.45, 2.75) is 25.8 Å². The van der Waals surface area contributed by atoms with Gasteiger partial charge in [0.15, 0.2) is 0 Å². The van der Waals surface area contributed by atoms with Crippen LogP contribution in [0.1, 0.15) is 24.8 Å². The summed E-state index contributed by atoms with van der Waals surface area (Å²) < 4.78 is 0. The van der Waals surface area contributed by atoms with Crippen LogP contribution in [0.2, 0.25) is 10.0 Å². The summed E-state index contributed by atoms with van der Waals surface area (Å²) in [4.78, 5) is 25.2. The van der Waals surface area contributed by atoms with E-state index < -0.39 is 17.8 Å². The second-order valence-corrected chi connectivity index (χ2v) is 6.17. The Labute approximate surface area is 133 Å². The fourth-order valence-corrected chi connectivity index (χ4v) is 3.22. The molecule has 0 heterocycles. The number of halogens is 2. The molecule has 0 spiro atoms. The maximum absolute atomic E-state index is 12.4. The first-order valence-electron chi connectivity index (χ1n) is 6.82. The quantitative estimate of drug-likeness (QED) is 0.920. The molecule has 1 amide bonds. The highest BCUT2D eigenvalue weighted by Crippen LogP contribution is 2.34. The number of aliphatic carboxylic acids is 1. The molecule has 1 aliphatic carbocycles. The van der Waals surface area contributed by atoms with Gasteiger partial charge in [0.05, 0.1) is 21.9 Å². The molecule has 21 heavy (non-hydrogen) atoms. The zero-order chi connectivity index (χ0) is 15.6. The van der Waals surface area contributed by atoms with E-state index in [2.05, 4.69) is 0 Å². The van der Waals surface area contributed by atoms with Crippen LogP contribution in [0.4, 0.5) is 0 Å². The number of nitrogens with zero attached hydrogens (tertiary/aromatic N) is 1. The summed E-state index contributed by atoms with van der Waals surface area (Å²) in [6.45, 7) is 0.321. The molecule has 1 fully saturated rings. The molecule has 1 N–H and O–H groups in total. The maximum atomic E-state index is 12.4. The van der Waals surface area contributed by atoms with Gasteiger partial charge in [0.1, 0.15) is 0 Å². The number of carboxylic acid groups (broad SMARTS) is 1. The van der Waals surface area contributed by atoms with Crippen LogP contribution in [0.25, 0.3) is 0 Å². The van der Waals surface area contributed by atoms with Crippen molar-refractivity contribution >= 4 is 35.1 Å². The Morgan fingerprint density at radius 1 is 1.29 bits per heavy atom. The molecule has 1 aliphatic rings. The van der Waals surface area contributed by atoms with E-state index in [9.17, 15) is 14.7 Å². The van der Waals surface area contributed by atoms with Gasteiger partial charge in [-0.2, -0.15) is 0 Å². The zero-order valence-corrected chi connectivity index (χ0v) is 13.2. The van der Waals surface area contributed by atoms with Gasteiger partial charge in [0.2, 0.25) is 5.91 Å². The standard InChI is InChI=1S/C15H17Cl2NO3/c1-18(8-9-4-2-7-12(16)13(9)17)14(19)10-5-3-6-11(10)15(20)21/h2,4,7,10-11H,3,5-6,8H2,1H3,(H,20,21). The summed E-state index contributed by atoms with van der Waals surface area (Å²) in [5.74, 6) is -2.05. The van der Waals surface area contributed by atoms with E-state index in [1.807, 2.05) is 0 Å². The Morgan fingerprint density at radius 2 is 1.95 bits per heavy atom. The van der Waals surface area contributed by atoms with E-state index in [0.717, 1.165) is 12.0 Å². The molecule has 0 radical (unpaired) electrons. The van der Waals surface area contributed by atoms with Gasteiger partial charge >= 0.3 is 5.97 Å². The summed E-state index contributed by atoms with van der Waals surface area (Å²) in [6.07, 6.45) is 1.97. The zero-order valence-electron chi connectivity index (χ0n) is 11.7. The number of amides is 1. The van der Waals surface area contributed by atoms with Crippen molar-refractivity contribution in [3.05, 3.63) is 33.8 Å². The SMILES string of the molecule is CN(Cc1cccc(Cl)c1Cl)C(=O)C1CCCC1C(=O)O. The van der Waals surface area contributed by atoms with Gasteiger partial charge < -0.3 is 10.0 Å². The van der Waals surface area contributed by atoms with E-state index in [-0.39, 0.29) is 5.91 Å². The van der Waals surface area contributed by atoms with Crippen LogP contribution in [0.15, 0.2) is 18.2 Å². The fourth-order valence-electron chi connectivity index (χ4n) is 2.84. The molecule has 0 bridgehead atoms. The monoisotopic (exact) mass is 329 g/mol. The first kappa shape index (κ1) is 16.1. The first-order chi connectivity index (χ1) is 9.91. The lowest BCUT2D eigenvalue weighted by molar-refractivity contribution is -0.148. The number of benzene rings is 1. The Kier molecular flexibility index (Phi) is 5.12. The molecule has 4 nitrogen and oxygen atoms in total. The molecule has 2 unspecified atom stereocenters. The lowest BCUT2D eigenvalue weighted by Crippen LogP contribution is -2.36. The molecular formula is C15H17Cl2NO3. The van der Waals surface area contributed by atoms with E-state index in [0.29, 0.717) is 29.4 Å². The van der Waals surface area contributed by atoms with Crippen molar-refractivity contribution < 1.29 is 14.7 Å². The van der Waals surface area contributed by atoms with Crippen molar-refractivity contribution in [3.8, 4) is 0 Å². The van der Waals surface area contributed by atoms with E-state index >= 15 is 0 Å². The topological polar surface area (TPSA) is 57.6 Å². The van der Waals surface area contributed by atoms with Crippen LogP contribution in [0, 0.1) is 11.8 Å². The van der Waals surface area contributed by atoms with Gasteiger partial charge in [-0.25, -0.2) is 0 Å². The molecule has 1 aromatic carbocycles. The van der Waals surface area contributed by atoms with Gasteiger partial charge in [-0.15, -0.1) is 0 Å². The fraction of sp³-hybridized carbons (Fsp3) is 0.467. The number of hydrogen-bond donors (Lipinski definition) is 1.